The van der Waals surface area contributed by atoms with Crippen LogP contribution >= 0.6 is 0 Å². The van der Waals surface area contributed by atoms with Crippen molar-refractivity contribution in [3.8, 4) is 0 Å². The molecule has 7 heteroatoms. The van der Waals surface area contributed by atoms with E-state index < -0.39 is 16.9 Å². The summed E-state index contributed by atoms with van der Waals surface area (Å²) >= 11 is 0. The number of amides is 1. The number of carbonyl (C=O) groups is 1. The lowest BCUT2D eigenvalue weighted by Gasteiger charge is -2.20. The third-order valence-corrected chi connectivity index (χ3v) is 5.37. The molecule has 2 aromatic rings. The third kappa shape index (κ3) is 3.56. The highest BCUT2D eigenvalue weighted by Crippen LogP contribution is 2.24. The monoisotopic (exact) mass is 336 g/mol. The molecule has 0 spiro atoms. The van der Waals surface area contributed by atoms with Gasteiger partial charge in [-0.1, -0.05) is 0 Å². The van der Waals surface area contributed by atoms with Gasteiger partial charge < -0.3 is 14.1 Å². The molecule has 1 atom stereocenters. The van der Waals surface area contributed by atoms with Gasteiger partial charge in [0.2, 0.25) is 0 Å². The molecule has 0 aliphatic carbocycles. The molecule has 124 valence electrons. The summed E-state index contributed by atoms with van der Waals surface area (Å²) in [6, 6.07) is 7.41. The summed E-state index contributed by atoms with van der Waals surface area (Å²) in [4.78, 5) is 14.2. The number of ether oxygens (including phenoxy) is 1. The first-order chi connectivity index (χ1) is 11.0. The van der Waals surface area contributed by atoms with E-state index in [4.69, 9.17) is 9.15 Å². The van der Waals surface area contributed by atoms with Gasteiger partial charge in [-0.05, 0) is 31.0 Å². The van der Waals surface area contributed by atoms with E-state index in [-0.39, 0.29) is 11.0 Å². The zero-order chi connectivity index (χ0) is 16.4. The number of fused-ring (bicyclic) bond motifs is 1. The second-order valence-electron chi connectivity index (χ2n) is 5.77. The van der Waals surface area contributed by atoms with Crippen LogP contribution in [-0.4, -0.2) is 42.7 Å². The number of furan rings is 1. The van der Waals surface area contributed by atoms with Crippen molar-refractivity contribution in [3.05, 3.63) is 30.0 Å². The highest BCUT2D eigenvalue weighted by molar-refractivity contribution is 7.84. The molecule has 1 unspecified atom stereocenters. The highest BCUT2D eigenvalue weighted by Gasteiger charge is 2.23. The molecule has 1 aromatic carbocycles. The van der Waals surface area contributed by atoms with E-state index in [1.807, 2.05) is 37.2 Å². The van der Waals surface area contributed by atoms with E-state index in [1.165, 1.54) is 0 Å². The molecule has 1 fully saturated rings. The first-order valence-electron chi connectivity index (χ1n) is 7.55. The fraction of sp³-hybridized carbons (Fsp3) is 0.438. The Morgan fingerprint density at radius 2 is 2.00 bits per heavy atom. The van der Waals surface area contributed by atoms with Crippen LogP contribution in [0.2, 0.25) is 0 Å². The molecule has 1 N–H and O–H groups in total. The Balaban J connectivity index is 1.74. The Morgan fingerprint density at radius 1 is 1.26 bits per heavy atom. The molecule has 2 heterocycles. The molecule has 1 saturated heterocycles. The van der Waals surface area contributed by atoms with Crippen LogP contribution < -0.4 is 9.62 Å². The van der Waals surface area contributed by atoms with Gasteiger partial charge >= 0.3 is 0 Å². The topological polar surface area (TPSA) is 71.8 Å². The summed E-state index contributed by atoms with van der Waals surface area (Å²) in [5, 5.41) is 0.787. The second-order valence-corrected chi connectivity index (χ2v) is 7.23. The maximum atomic E-state index is 12.2. The van der Waals surface area contributed by atoms with Crippen molar-refractivity contribution in [2.75, 3.05) is 32.2 Å². The fourth-order valence-corrected chi connectivity index (χ4v) is 3.60. The van der Waals surface area contributed by atoms with Gasteiger partial charge in [-0.2, -0.15) is 0 Å². The first-order valence-corrected chi connectivity index (χ1v) is 8.76. The van der Waals surface area contributed by atoms with Gasteiger partial charge in [0.1, 0.15) is 16.6 Å². The van der Waals surface area contributed by atoms with Crippen molar-refractivity contribution in [1.29, 1.82) is 0 Å². The van der Waals surface area contributed by atoms with Gasteiger partial charge in [0, 0.05) is 44.4 Å². The van der Waals surface area contributed by atoms with Gasteiger partial charge in [-0.25, -0.2) is 4.21 Å². The molecule has 0 saturated carbocycles. The summed E-state index contributed by atoms with van der Waals surface area (Å²) < 4.78 is 25.6. The molecule has 1 aliphatic heterocycles. The predicted octanol–water partition coefficient (Wildman–Crippen LogP) is 2.07. The number of benzene rings is 1. The average molecular weight is 336 g/mol. The molecule has 1 aromatic heterocycles. The van der Waals surface area contributed by atoms with E-state index in [0.717, 1.165) is 11.1 Å². The first kappa shape index (κ1) is 16.0. The number of nitrogens with one attached hydrogen (secondary N) is 1. The van der Waals surface area contributed by atoms with Crippen LogP contribution in [0.15, 0.2) is 28.7 Å². The van der Waals surface area contributed by atoms with Gasteiger partial charge in [0.25, 0.3) is 5.91 Å². The van der Waals surface area contributed by atoms with E-state index in [9.17, 15) is 9.00 Å². The van der Waals surface area contributed by atoms with E-state index in [2.05, 4.69) is 4.72 Å². The van der Waals surface area contributed by atoms with Crippen LogP contribution in [-0.2, 0) is 15.7 Å². The van der Waals surface area contributed by atoms with Gasteiger partial charge in [-0.3, -0.25) is 9.52 Å². The molecule has 0 radical (unpaired) electrons. The molecule has 23 heavy (non-hydrogen) atoms. The number of carbonyl (C=O) groups excluding carboxylic acids is 1. The van der Waals surface area contributed by atoms with E-state index >= 15 is 0 Å². The van der Waals surface area contributed by atoms with Crippen LogP contribution in [0, 0.1) is 0 Å². The number of hydrogen-bond acceptors (Lipinski definition) is 5. The van der Waals surface area contributed by atoms with Crippen LogP contribution in [0.25, 0.3) is 11.0 Å². The predicted molar refractivity (Wildman–Crippen MR) is 90.0 cm³/mol. The third-order valence-electron chi connectivity index (χ3n) is 3.91. The molecule has 1 aliphatic rings. The van der Waals surface area contributed by atoms with Crippen LogP contribution in [0.5, 0.6) is 0 Å². The standard InChI is InChI=1S/C16H20N2O4S/c1-18(2)12-4-3-11-9-15(22-14(11)10-12)16(19)17-23(20)13-5-7-21-8-6-13/h3-4,9-10,13H,5-8H2,1-2H3,(H,17,19). The van der Waals surface area contributed by atoms with Crippen molar-refractivity contribution in [2.45, 2.75) is 18.1 Å². The minimum atomic E-state index is -1.42. The van der Waals surface area contributed by atoms with Crippen molar-refractivity contribution in [1.82, 2.24) is 4.72 Å². The Hall–Kier alpha value is -1.86. The van der Waals surface area contributed by atoms with E-state index in [0.29, 0.717) is 31.6 Å². The Labute approximate surface area is 137 Å². The number of nitrogens with zero attached hydrogens (tertiary/aromatic N) is 1. The molecule has 1 amide bonds. The van der Waals surface area contributed by atoms with Crippen LogP contribution in [0.3, 0.4) is 0 Å². The maximum Gasteiger partial charge on any atom is 0.298 e. The summed E-state index contributed by atoms with van der Waals surface area (Å²) in [7, 11) is 2.46. The molecule has 0 bridgehead atoms. The van der Waals surface area contributed by atoms with Gasteiger partial charge in [0.15, 0.2) is 5.76 Å². The zero-order valence-electron chi connectivity index (χ0n) is 13.2. The number of anilines is 1. The van der Waals surface area contributed by atoms with E-state index in [1.54, 1.807) is 6.07 Å². The maximum absolute atomic E-state index is 12.2. The summed E-state index contributed by atoms with van der Waals surface area (Å²) in [6.07, 6.45) is 1.39. The second kappa shape index (κ2) is 6.72. The normalized spacial score (nSPS) is 17.1. The Bertz CT molecular complexity index is 735. The lowest BCUT2D eigenvalue weighted by atomic mass is 10.2. The lowest BCUT2D eigenvalue weighted by molar-refractivity contribution is 0.0941. The molecular formula is C16H20N2O4S. The number of hydrogen-bond donors (Lipinski definition) is 1. The molecule has 6 nitrogen and oxygen atoms in total. The van der Waals surface area contributed by atoms with Gasteiger partial charge in [-0.15, -0.1) is 0 Å². The average Bonchev–Trinajstić information content (AvgIpc) is 2.98. The van der Waals surface area contributed by atoms with Crippen LogP contribution in [0.1, 0.15) is 23.4 Å². The quantitative estimate of drug-likeness (QED) is 0.925. The smallest absolute Gasteiger partial charge is 0.298 e. The summed E-state index contributed by atoms with van der Waals surface area (Å²) in [5.74, 6) is -0.270. The van der Waals surface area contributed by atoms with Crippen molar-refractivity contribution in [2.24, 2.45) is 0 Å². The largest absolute Gasteiger partial charge is 0.451 e. The molecular weight excluding hydrogens is 316 g/mol. The number of rotatable bonds is 4. The Kier molecular flexibility index (Phi) is 4.68. The minimum Gasteiger partial charge on any atom is -0.451 e. The minimum absolute atomic E-state index is 0.0579. The van der Waals surface area contributed by atoms with Crippen molar-refractivity contribution >= 4 is 33.5 Å². The Morgan fingerprint density at radius 3 is 2.70 bits per heavy atom. The van der Waals surface area contributed by atoms with Gasteiger partial charge in [0.05, 0.1) is 5.25 Å². The van der Waals surface area contributed by atoms with Crippen LogP contribution in [0.4, 0.5) is 5.69 Å². The summed E-state index contributed by atoms with van der Waals surface area (Å²) in [6.45, 7) is 1.18. The SMILES string of the molecule is CN(C)c1ccc2cc(C(=O)NS(=O)C3CCOCC3)oc2c1. The van der Waals surface area contributed by atoms with Crippen molar-refractivity contribution < 1.29 is 18.2 Å². The summed E-state index contributed by atoms with van der Waals surface area (Å²) in [5.41, 5.74) is 1.63. The lowest BCUT2D eigenvalue weighted by Crippen LogP contribution is -2.36. The zero-order valence-corrected chi connectivity index (χ0v) is 14.0. The fourth-order valence-electron chi connectivity index (χ4n) is 2.52. The highest BCUT2D eigenvalue weighted by atomic mass is 32.2. The molecule has 3 rings (SSSR count). The van der Waals surface area contributed by atoms with Crippen molar-refractivity contribution in [3.63, 3.8) is 0 Å².